The first-order valence-electron chi connectivity index (χ1n) is 23.0. The van der Waals surface area contributed by atoms with Crippen LogP contribution in [0.3, 0.4) is 0 Å². The maximum Gasteiger partial charge on any atom is 0.737 e. The first-order valence-corrected chi connectivity index (χ1v) is 23.8. The lowest BCUT2D eigenvalue weighted by atomic mass is 9.90. The molecular formula is C49H52BF2N9O7S. The van der Waals surface area contributed by atoms with E-state index in [-0.39, 0.29) is 61.7 Å². The van der Waals surface area contributed by atoms with Crippen LogP contribution in [0.1, 0.15) is 67.8 Å². The maximum absolute atomic E-state index is 16.1. The Bertz CT molecular complexity index is 3100. The highest BCUT2D eigenvalue weighted by Gasteiger charge is 2.52. The lowest BCUT2D eigenvalue weighted by Gasteiger charge is -2.30. The lowest BCUT2D eigenvalue weighted by Crippen LogP contribution is -2.50. The zero-order valence-electron chi connectivity index (χ0n) is 38.2. The summed E-state index contributed by atoms with van der Waals surface area (Å²) in [6.45, 7) is 0.830. The number of hydrogen-bond donors (Lipinski definition) is 4. The van der Waals surface area contributed by atoms with Crippen molar-refractivity contribution in [3.05, 3.63) is 139 Å². The van der Waals surface area contributed by atoms with E-state index in [1.54, 1.807) is 91.0 Å². The molecule has 2 aliphatic heterocycles. The Hall–Kier alpha value is -7.61. The standard InChI is InChI=1S/C49H52BF2N9O7S/c1-3-27-58-47-45(48(65)59(28-4-2)49(58)66)56-46(57-47)34-13-21-39(22-14-34)68-32-44(64)55-26-25-54-42(62)9-5-6-24-53-43(63)31-67-38-19-11-33(12-20-38)10-15-35-16-17-36-30-37-18-23-40(41-8-7-29-69-41)61(37)50(51,52)60(35)36/h7-8,10-23,29-30H,3-6,9,24-28,31-32H2,1-2H3,(H,53,63)(H,54,62)(H,55,64)(H,56,57)/b15-10+. The van der Waals surface area contributed by atoms with Gasteiger partial charge in [-0.1, -0.05) is 38.1 Å². The third kappa shape index (κ3) is 10.9. The molecule has 0 radical (unpaired) electrons. The van der Waals surface area contributed by atoms with Crippen LogP contribution in [0.25, 0.3) is 40.8 Å². The number of rotatable bonds is 22. The molecule has 0 aliphatic carbocycles. The molecule has 4 N–H and O–H groups in total. The number of aromatic amines is 1. The number of carbonyl (C=O) groups excluding carboxylic acids is 3. The van der Waals surface area contributed by atoms with E-state index in [4.69, 9.17) is 9.47 Å². The van der Waals surface area contributed by atoms with Gasteiger partial charge in [-0.2, -0.15) is 0 Å². The van der Waals surface area contributed by atoms with Crippen LogP contribution in [0.4, 0.5) is 8.63 Å². The number of unbranched alkanes of at least 4 members (excludes halogenated alkanes) is 1. The summed E-state index contributed by atoms with van der Waals surface area (Å²) < 4.78 is 48.5. The van der Waals surface area contributed by atoms with Gasteiger partial charge in [0.1, 0.15) is 22.8 Å². The number of nitrogens with one attached hydrogen (secondary N) is 4. The van der Waals surface area contributed by atoms with Gasteiger partial charge in [0.2, 0.25) is 5.91 Å². The minimum Gasteiger partial charge on any atom is -0.484 e. The number of amides is 3. The molecule has 0 bridgehead atoms. The SMILES string of the molecule is CCCn1c(=O)c2[nH]c(-c3ccc(OCC(=O)NCCNC(=O)CCCCNC(=O)COc4ccc(/C=C/c5ccc6n5[B-](F)(F)[N+]5=C(c7cccs7)C=CC5=C6)cc4)cc3)nc2n(CCC)c1=O. The highest BCUT2D eigenvalue weighted by molar-refractivity contribution is 7.12. The first-order chi connectivity index (χ1) is 33.4. The van der Waals surface area contributed by atoms with Crippen LogP contribution in [0.2, 0.25) is 0 Å². The van der Waals surface area contributed by atoms with Gasteiger partial charge < -0.3 is 48.0 Å². The van der Waals surface area contributed by atoms with E-state index in [9.17, 15) is 24.0 Å². The van der Waals surface area contributed by atoms with E-state index >= 15 is 8.63 Å². The van der Waals surface area contributed by atoms with E-state index < -0.39 is 12.5 Å². The summed E-state index contributed by atoms with van der Waals surface area (Å²) in [4.78, 5) is 71.6. The van der Waals surface area contributed by atoms with Gasteiger partial charge in [-0.05, 0) is 97.3 Å². The smallest absolute Gasteiger partial charge is 0.484 e. The van der Waals surface area contributed by atoms with Gasteiger partial charge in [-0.15, -0.1) is 11.3 Å². The molecule has 0 atom stereocenters. The van der Waals surface area contributed by atoms with Crippen LogP contribution in [0, 0.1) is 0 Å². The molecule has 20 heteroatoms. The minimum absolute atomic E-state index is 0.178. The van der Waals surface area contributed by atoms with Crippen molar-refractivity contribution in [3.8, 4) is 22.9 Å². The summed E-state index contributed by atoms with van der Waals surface area (Å²) in [6.07, 6.45) is 11.4. The highest BCUT2D eigenvalue weighted by atomic mass is 32.1. The van der Waals surface area contributed by atoms with E-state index in [0.29, 0.717) is 96.6 Å². The van der Waals surface area contributed by atoms with Gasteiger partial charge in [0.05, 0.1) is 4.88 Å². The van der Waals surface area contributed by atoms with Crippen molar-refractivity contribution in [2.45, 2.75) is 59.0 Å². The summed E-state index contributed by atoms with van der Waals surface area (Å²) in [5, 5.41) is 10.1. The summed E-state index contributed by atoms with van der Waals surface area (Å²) in [5.41, 5.74) is 3.00. The largest absolute Gasteiger partial charge is 0.737 e. The van der Waals surface area contributed by atoms with Crippen molar-refractivity contribution in [3.63, 3.8) is 0 Å². The molecule has 6 heterocycles. The fourth-order valence-electron chi connectivity index (χ4n) is 8.16. The Kier molecular flexibility index (Phi) is 15.0. The van der Waals surface area contributed by atoms with Crippen LogP contribution >= 0.6 is 11.3 Å². The zero-order valence-corrected chi connectivity index (χ0v) is 39.0. The second-order valence-corrected chi connectivity index (χ2v) is 17.4. The Morgan fingerprint density at radius 3 is 2.14 bits per heavy atom. The van der Waals surface area contributed by atoms with E-state index in [1.165, 1.54) is 20.5 Å². The Balaban J connectivity index is 0.686. The van der Waals surface area contributed by atoms with Crippen molar-refractivity contribution >= 4 is 71.1 Å². The average molecular weight is 960 g/mol. The number of fused-ring (bicyclic) bond motifs is 3. The van der Waals surface area contributed by atoms with E-state index in [2.05, 4.69) is 25.9 Å². The van der Waals surface area contributed by atoms with Crippen LogP contribution in [0.5, 0.6) is 11.5 Å². The van der Waals surface area contributed by atoms with Crippen LogP contribution < -0.4 is 36.7 Å². The molecule has 358 valence electrons. The van der Waals surface area contributed by atoms with Crippen LogP contribution in [-0.4, -0.2) is 91.3 Å². The number of imidazole rings is 1. The fourth-order valence-corrected chi connectivity index (χ4v) is 8.91. The van der Waals surface area contributed by atoms with Gasteiger partial charge in [0.25, 0.3) is 17.4 Å². The number of halogens is 2. The molecule has 0 saturated heterocycles. The monoisotopic (exact) mass is 959 g/mol. The fraction of sp³-hybridized carbons (Fsp3) is 0.286. The molecule has 8 rings (SSSR count). The number of aromatic nitrogens is 5. The van der Waals surface area contributed by atoms with Crippen molar-refractivity contribution in [1.29, 1.82) is 0 Å². The Labute approximate surface area is 399 Å². The molecule has 0 fully saturated rings. The third-order valence-corrected chi connectivity index (χ3v) is 12.4. The number of hydrogen-bond acceptors (Lipinski definition) is 9. The molecule has 3 amide bonds. The number of allylic oxidation sites excluding steroid dienone is 2. The Morgan fingerprint density at radius 1 is 0.797 bits per heavy atom. The quantitative estimate of drug-likeness (QED) is 0.0469. The predicted octanol–water partition coefficient (Wildman–Crippen LogP) is 6.03. The zero-order chi connectivity index (χ0) is 48.5. The van der Waals surface area contributed by atoms with E-state index in [0.717, 1.165) is 19.4 Å². The maximum atomic E-state index is 16.1. The average Bonchev–Trinajstić information content (AvgIpc) is 4.19. The minimum atomic E-state index is -4.14. The molecule has 0 saturated carbocycles. The molecule has 16 nitrogen and oxygen atoms in total. The second kappa shape index (κ2) is 21.6. The van der Waals surface area contributed by atoms with Gasteiger partial charge in [-0.3, -0.25) is 28.3 Å². The molecule has 4 aromatic heterocycles. The number of nitrogens with zero attached hydrogens (tertiary/aromatic N) is 5. The normalized spacial score (nSPS) is 13.7. The highest BCUT2D eigenvalue weighted by Crippen LogP contribution is 2.34. The third-order valence-electron chi connectivity index (χ3n) is 11.5. The second-order valence-electron chi connectivity index (χ2n) is 16.5. The lowest BCUT2D eigenvalue weighted by molar-refractivity contribution is -0.360. The molecule has 2 aromatic carbocycles. The molecule has 0 spiro atoms. The molecule has 6 aromatic rings. The summed E-state index contributed by atoms with van der Waals surface area (Å²) >= 11 is 1.42. The van der Waals surface area contributed by atoms with Crippen molar-refractivity contribution in [1.82, 2.24) is 39.5 Å². The molecule has 69 heavy (non-hydrogen) atoms. The number of carbonyl (C=O) groups is 3. The topological polar surface area (TPSA) is 186 Å². The van der Waals surface area contributed by atoms with Crippen molar-refractivity contribution in [2.24, 2.45) is 0 Å². The van der Waals surface area contributed by atoms with Crippen LogP contribution in [0.15, 0.2) is 106 Å². The van der Waals surface area contributed by atoms with Gasteiger partial charge in [0, 0.05) is 74.3 Å². The van der Waals surface area contributed by atoms with Gasteiger partial charge in [0.15, 0.2) is 30.3 Å². The summed E-state index contributed by atoms with van der Waals surface area (Å²) in [7, 11) is 0. The number of H-pyrrole nitrogens is 1. The number of benzene rings is 2. The van der Waals surface area contributed by atoms with Crippen molar-refractivity contribution in [2.75, 3.05) is 32.8 Å². The first kappa shape index (κ1) is 47.9. The summed E-state index contributed by atoms with van der Waals surface area (Å²) in [5.74, 6) is 0.495. The van der Waals surface area contributed by atoms with Gasteiger partial charge >= 0.3 is 12.7 Å². The Morgan fingerprint density at radius 2 is 1.46 bits per heavy atom. The van der Waals surface area contributed by atoms with E-state index in [1.807, 2.05) is 31.4 Å². The predicted molar refractivity (Wildman–Crippen MR) is 263 cm³/mol. The molecular weight excluding hydrogens is 907 g/mol. The van der Waals surface area contributed by atoms with Crippen LogP contribution in [-0.2, 0) is 27.5 Å². The number of aryl methyl sites for hydroxylation is 1. The molecule has 2 aliphatic rings. The summed E-state index contributed by atoms with van der Waals surface area (Å²) in [6, 6.07) is 20.9. The van der Waals surface area contributed by atoms with Gasteiger partial charge in [-0.25, -0.2) is 9.78 Å². The van der Waals surface area contributed by atoms with Crippen molar-refractivity contribution < 1.29 is 37.0 Å². The number of thiophene rings is 1. The number of ether oxygens (including phenoxy) is 2. The molecule has 0 unspecified atom stereocenters.